The molecule has 3 rings (SSSR count). The average Bonchev–Trinajstić information content (AvgIpc) is 2.94. The van der Waals surface area contributed by atoms with Crippen molar-refractivity contribution in [3.05, 3.63) is 62.3 Å². The van der Waals surface area contributed by atoms with Gasteiger partial charge in [-0.25, -0.2) is 0 Å². The average molecular weight is 440 g/mol. The third-order valence-corrected chi connectivity index (χ3v) is 4.94. The van der Waals surface area contributed by atoms with E-state index in [2.05, 4.69) is 38.1 Å². The molecule has 1 aromatic heterocycles. The number of carbonyl (C=O) groups is 1. The fourth-order valence-corrected chi connectivity index (χ4v) is 3.36. The number of aromatic amines is 1. The number of aromatic nitrogens is 2. The summed E-state index contributed by atoms with van der Waals surface area (Å²) < 4.78 is 0.852. The number of fused-ring (bicyclic) bond motifs is 1. The first-order valence-electron chi connectivity index (χ1n) is 7.29. The number of H-pyrrole nitrogens is 1. The molecule has 0 saturated heterocycles. The molecule has 1 atom stereocenters. The van der Waals surface area contributed by atoms with Gasteiger partial charge in [-0.15, -0.1) is 0 Å². The summed E-state index contributed by atoms with van der Waals surface area (Å²) in [6.45, 7) is 2.02. The quantitative estimate of drug-likeness (QED) is 0.579. The number of nitrogens with one attached hydrogen (secondary N) is 2. The summed E-state index contributed by atoms with van der Waals surface area (Å²) in [6.07, 6.45) is 0.765. The van der Waals surface area contributed by atoms with Crippen molar-refractivity contribution in [2.75, 3.05) is 0 Å². The summed E-state index contributed by atoms with van der Waals surface area (Å²) in [5.74, 6) is -0.115. The Morgan fingerprint density at radius 1 is 1.35 bits per heavy atom. The van der Waals surface area contributed by atoms with Crippen LogP contribution in [-0.2, 0) is 0 Å². The maximum Gasteiger partial charge on any atom is 0.251 e. The maximum atomic E-state index is 12.6. The van der Waals surface area contributed by atoms with E-state index in [9.17, 15) is 4.79 Å². The van der Waals surface area contributed by atoms with Crippen molar-refractivity contribution in [3.8, 4) is 0 Å². The zero-order chi connectivity index (χ0) is 16.4. The van der Waals surface area contributed by atoms with Crippen LogP contribution in [0.2, 0.25) is 5.02 Å². The molecule has 0 fully saturated rings. The zero-order valence-electron chi connectivity index (χ0n) is 12.4. The van der Waals surface area contributed by atoms with Crippen molar-refractivity contribution in [3.63, 3.8) is 0 Å². The van der Waals surface area contributed by atoms with Crippen LogP contribution in [0.4, 0.5) is 0 Å². The second kappa shape index (κ2) is 6.88. The van der Waals surface area contributed by atoms with Gasteiger partial charge in [-0.3, -0.25) is 9.89 Å². The summed E-state index contributed by atoms with van der Waals surface area (Å²) in [6, 6.07) is 13.0. The van der Waals surface area contributed by atoms with Crippen LogP contribution >= 0.6 is 34.2 Å². The van der Waals surface area contributed by atoms with Gasteiger partial charge < -0.3 is 5.32 Å². The predicted molar refractivity (Wildman–Crippen MR) is 101 cm³/mol. The van der Waals surface area contributed by atoms with Gasteiger partial charge >= 0.3 is 0 Å². The van der Waals surface area contributed by atoms with Crippen LogP contribution in [0.1, 0.15) is 35.3 Å². The first-order valence-corrected chi connectivity index (χ1v) is 8.74. The van der Waals surface area contributed by atoms with E-state index in [0.29, 0.717) is 10.6 Å². The Balaban J connectivity index is 1.86. The maximum absolute atomic E-state index is 12.6. The second-order valence-corrected chi connectivity index (χ2v) is 6.66. The van der Waals surface area contributed by atoms with Gasteiger partial charge in [0.25, 0.3) is 5.91 Å². The van der Waals surface area contributed by atoms with E-state index in [0.717, 1.165) is 26.6 Å². The number of amides is 1. The lowest BCUT2D eigenvalue weighted by molar-refractivity contribution is 0.0935. The summed E-state index contributed by atoms with van der Waals surface area (Å²) in [7, 11) is 0. The van der Waals surface area contributed by atoms with Gasteiger partial charge in [-0.05, 0) is 58.8 Å². The summed E-state index contributed by atoms with van der Waals surface area (Å²) in [4.78, 5) is 12.6. The topological polar surface area (TPSA) is 57.8 Å². The highest BCUT2D eigenvalue weighted by Gasteiger charge is 2.17. The molecule has 1 heterocycles. The van der Waals surface area contributed by atoms with Crippen LogP contribution in [0.25, 0.3) is 10.9 Å². The van der Waals surface area contributed by atoms with Crippen LogP contribution in [0.15, 0.2) is 42.5 Å². The van der Waals surface area contributed by atoms with Crippen LogP contribution in [0.3, 0.4) is 0 Å². The molecule has 4 nitrogen and oxygen atoms in total. The van der Waals surface area contributed by atoms with Gasteiger partial charge in [0.15, 0.2) is 0 Å². The zero-order valence-corrected chi connectivity index (χ0v) is 15.4. The highest BCUT2D eigenvalue weighted by molar-refractivity contribution is 14.1. The van der Waals surface area contributed by atoms with Crippen molar-refractivity contribution in [1.29, 1.82) is 0 Å². The first kappa shape index (κ1) is 16.3. The molecule has 0 aliphatic heterocycles. The molecule has 23 heavy (non-hydrogen) atoms. The number of hydrogen-bond donors (Lipinski definition) is 2. The summed E-state index contributed by atoms with van der Waals surface area (Å²) in [5.41, 5.74) is 2.47. The lowest BCUT2D eigenvalue weighted by Crippen LogP contribution is -2.28. The normalized spacial score (nSPS) is 12.3. The van der Waals surface area contributed by atoms with E-state index in [1.165, 1.54) is 0 Å². The lowest BCUT2D eigenvalue weighted by atomic mass is 10.0. The first-order chi connectivity index (χ1) is 11.1. The van der Waals surface area contributed by atoms with Crippen molar-refractivity contribution < 1.29 is 4.79 Å². The van der Waals surface area contributed by atoms with Crippen molar-refractivity contribution in [1.82, 2.24) is 15.5 Å². The number of rotatable bonds is 4. The van der Waals surface area contributed by atoms with Gasteiger partial charge in [0.1, 0.15) is 3.70 Å². The largest absolute Gasteiger partial charge is 0.345 e. The van der Waals surface area contributed by atoms with Crippen LogP contribution in [-0.4, -0.2) is 16.1 Å². The van der Waals surface area contributed by atoms with Gasteiger partial charge in [0, 0.05) is 16.0 Å². The molecule has 0 aliphatic rings. The van der Waals surface area contributed by atoms with Crippen molar-refractivity contribution in [2.24, 2.45) is 0 Å². The van der Waals surface area contributed by atoms with Gasteiger partial charge in [-0.2, -0.15) is 5.10 Å². The monoisotopic (exact) mass is 439 g/mol. The van der Waals surface area contributed by atoms with E-state index in [1.807, 2.05) is 43.3 Å². The molecule has 0 spiro atoms. The number of carbonyl (C=O) groups excluding carboxylic acids is 1. The Morgan fingerprint density at radius 2 is 2.13 bits per heavy atom. The molecule has 6 heteroatoms. The Morgan fingerprint density at radius 3 is 2.87 bits per heavy atom. The molecule has 118 valence electrons. The van der Waals surface area contributed by atoms with Crippen LogP contribution in [0.5, 0.6) is 0 Å². The highest BCUT2D eigenvalue weighted by atomic mass is 127. The minimum absolute atomic E-state index is 0.115. The van der Waals surface area contributed by atoms with Crippen LogP contribution < -0.4 is 5.32 Å². The fraction of sp³-hybridized carbons (Fsp3) is 0.176. The van der Waals surface area contributed by atoms with E-state index in [4.69, 9.17) is 11.6 Å². The number of halogens is 2. The SMILES string of the molecule is CC[C@H](NC(=O)c1ccc2[nH]nc(I)c2c1)c1ccccc1Cl. The Hall–Kier alpha value is -1.60. The molecule has 2 aromatic carbocycles. The molecule has 0 bridgehead atoms. The second-order valence-electron chi connectivity index (χ2n) is 5.23. The molecular weight excluding hydrogens is 425 g/mol. The van der Waals surface area contributed by atoms with Gasteiger partial charge in [0.05, 0.1) is 11.6 Å². The predicted octanol–water partition coefficient (Wildman–Crippen LogP) is 4.70. The van der Waals surface area contributed by atoms with E-state index >= 15 is 0 Å². The third kappa shape index (κ3) is 3.35. The standard InChI is InChI=1S/C17H15ClIN3O/c1-2-14(11-5-3-4-6-13(11)18)20-17(23)10-7-8-15-12(9-10)16(19)22-21-15/h3-9,14H,2H2,1H3,(H,20,23)(H,21,22)/t14-/m0/s1. The van der Waals surface area contributed by atoms with Crippen LogP contribution in [0, 0.1) is 3.70 Å². The van der Waals surface area contributed by atoms with E-state index in [1.54, 1.807) is 6.07 Å². The van der Waals surface area contributed by atoms with Gasteiger partial charge in [0.2, 0.25) is 0 Å². The fourth-order valence-electron chi connectivity index (χ4n) is 2.52. The van der Waals surface area contributed by atoms with Crippen molar-refractivity contribution in [2.45, 2.75) is 19.4 Å². The third-order valence-electron chi connectivity index (χ3n) is 3.77. The molecule has 0 saturated carbocycles. The molecular formula is C17H15ClIN3O. The number of hydrogen-bond acceptors (Lipinski definition) is 2. The van der Waals surface area contributed by atoms with Crippen molar-refractivity contribution >= 4 is 51.0 Å². The molecule has 1 amide bonds. The lowest BCUT2D eigenvalue weighted by Gasteiger charge is -2.18. The molecule has 2 N–H and O–H groups in total. The number of benzene rings is 2. The Kier molecular flexibility index (Phi) is 4.87. The Labute approximate surface area is 152 Å². The molecule has 0 unspecified atom stereocenters. The molecule has 3 aromatic rings. The number of nitrogens with zero attached hydrogens (tertiary/aromatic N) is 1. The van der Waals surface area contributed by atoms with Gasteiger partial charge in [-0.1, -0.05) is 36.7 Å². The minimum Gasteiger partial charge on any atom is -0.345 e. The summed E-state index contributed by atoms with van der Waals surface area (Å²) >= 11 is 8.40. The minimum atomic E-state index is -0.115. The summed E-state index contributed by atoms with van der Waals surface area (Å²) in [5, 5.41) is 11.8. The van der Waals surface area contributed by atoms with E-state index in [-0.39, 0.29) is 11.9 Å². The molecule has 0 radical (unpaired) electrons. The molecule has 0 aliphatic carbocycles. The Bertz CT molecular complexity index is 862. The highest BCUT2D eigenvalue weighted by Crippen LogP contribution is 2.25. The smallest absolute Gasteiger partial charge is 0.251 e. The van der Waals surface area contributed by atoms with E-state index < -0.39 is 0 Å².